The number of hydrogen-bond acceptors (Lipinski definition) is 4. The predicted molar refractivity (Wildman–Crippen MR) is 78.6 cm³/mol. The van der Waals surface area contributed by atoms with Crippen LogP contribution in [0.5, 0.6) is 0 Å². The van der Waals surface area contributed by atoms with Crippen molar-refractivity contribution in [3.05, 3.63) is 18.2 Å². The van der Waals surface area contributed by atoms with Gasteiger partial charge in [0, 0.05) is 44.7 Å². The molecule has 0 saturated carbocycles. The van der Waals surface area contributed by atoms with E-state index >= 15 is 0 Å². The second-order valence-corrected chi connectivity index (χ2v) is 5.77. The summed E-state index contributed by atoms with van der Waals surface area (Å²) in [5.74, 6) is 1.15. The third kappa shape index (κ3) is 4.30. The lowest BCUT2D eigenvalue weighted by atomic mass is 10.1. The smallest absolute Gasteiger partial charge is 0.123 e. The van der Waals surface area contributed by atoms with Gasteiger partial charge in [-0.3, -0.25) is 4.90 Å². The number of ether oxygens (including phenoxy) is 1. The highest BCUT2D eigenvalue weighted by atomic mass is 16.5. The first-order valence-corrected chi connectivity index (χ1v) is 7.67. The molecule has 0 bridgehead atoms. The average molecular weight is 281 g/mol. The molecule has 0 unspecified atom stereocenters. The lowest BCUT2D eigenvalue weighted by Gasteiger charge is -2.31. The van der Waals surface area contributed by atoms with Crippen LogP contribution in [0.15, 0.2) is 12.4 Å². The van der Waals surface area contributed by atoms with Crippen molar-refractivity contribution >= 4 is 0 Å². The van der Waals surface area contributed by atoms with Gasteiger partial charge in [0.05, 0.1) is 12.6 Å². The van der Waals surface area contributed by atoms with Crippen molar-refractivity contribution in [3.63, 3.8) is 0 Å². The molecule has 0 amide bonds. The lowest BCUT2D eigenvalue weighted by Crippen LogP contribution is -2.37. The molecule has 1 N–H and O–H groups in total. The molecule has 0 atom stereocenters. The molecular formula is C15H27N3O2. The Balaban J connectivity index is 1.75. The van der Waals surface area contributed by atoms with Crippen LogP contribution in [0.1, 0.15) is 45.0 Å². The van der Waals surface area contributed by atoms with Gasteiger partial charge in [0.25, 0.3) is 0 Å². The van der Waals surface area contributed by atoms with E-state index in [0.717, 1.165) is 44.7 Å². The number of aliphatic hydroxyl groups excluding tert-OH is 1. The van der Waals surface area contributed by atoms with Crippen LogP contribution in [0.3, 0.4) is 0 Å². The Morgan fingerprint density at radius 1 is 1.40 bits per heavy atom. The van der Waals surface area contributed by atoms with Crippen molar-refractivity contribution in [1.29, 1.82) is 0 Å². The van der Waals surface area contributed by atoms with Crippen molar-refractivity contribution in [2.24, 2.45) is 0 Å². The molecule has 114 valence electrons. The van der Waals surface area contributed by atoms with Crippen LogP contribution < -0.4 is 0 Å². The third-order valence-corrected chi connectivity index (χ3v) is 3.86. The molecule has 1 fully saturated rings. The minimum absolute atomic E-state index is 0.219. The van der Waals surface area contributed by atoms with Crippen LogP contribution in [-0.2, 0) is 11.3 Å². The van der Waals surface area contributed by atoms with Gasteiger partial charge in [-0.1, -0.05) is 0 Å². The molecule has 2 rings (SSSR count). The first-order chi connectivity index (χ1) is 9.70. The van der Waals surface area contributed by atoms with Gasteiger partial charge < -0.3 is 14.4 Å². The maximum Gasteiger partial charge on any atom is 0.123 e. The van der Waals surface area contributed by atoms with Crippen molar-refractivity contribution < 1.29 is 9.84 Å². The molecule has 2 heterocycles. The summed E-state index contributed by atoms with van der Waals surface area (Å²) in [4.78, 5) is 6.93. The van der Waals surface area contributed by atoms with E-state index in [-0.39, 0.29) is 6.61 Å². The number of imidazole rings is 1. The molecular weight excluding hydrogens is 254 g/mol. The monoisotopic (exact) mass is 281 g/mol. The number of aliphatic hydroxyl groups is 1. The standard InChI is InChI=1S/C15H27N3O2/c1-13(2)18-9-6-16-15(18)12-17-7-4-14(5-8-17)20-11-3-10-19/h6,9,13-14,19H,3-5,7-8,10-12H2,1-2H3. The van der Waals surface area contributed by atoms with Crippen LogP contribution in [0.25, 0.3) is 0 Å². The fourth-order valence-electron chi connectivity index (χ4n) is 2.69. The van der Waals surface area contributed by atoms with Crippen LogP contribution in [0.2, 0.25) is 0 Å². The van der Waals surface area contributed by atoms with Crippen LogP contribution in [0.4, 0.5) is 0 Å². The second-order valence-electron chi connectivity index (χ2n) is 5.77. The fraction of sp³-hybridized carbons (Fsp3) is 0.800. The van der Waals surface area contributed by atoms with Gasteiger partial charge in [0.15, 0.2) is 0 Å². The van der Waals surface area contributed by atoms with Crippen LogP contribution in [0, 0.1) is 0 Å². The Hall–Kier alpha value is -0.910. The van der Waals surface area contributed by atoms with E-state index in [1.54, 1.807) is 0 Å². The molecule has 1 saturated heterocycles. The number of likely N-dealkylation sites (tertiary alicyclic amines) is 1. The molecule has 1 aromatic rings. The zero-order chi connectivity index (χ0) is 14.4. The summed E-state index contributed by atoms with van der Waals surface area (Å²) >= 11 is 0. The maximum absolute atomic E-state index is 8.75. The normalized spacial score (nSPS) is 18.0. The van der Waals surface area contributed by atoms with Gasteiger partial charge in [0.2, 0.25) is 0 Å². The molecule has 5 heteroatoms. The summed E-state index contributed by atoms with van der Waals surface area (Å²) in [7, 11) is 0. The highest BCUT2D eigenvalue weighted by molar-refractivity contribution is 4.94. The quantitative estimate of drug-likeness (QED) is 0.775. The molecule has 5 nitrogen and oxygen atoms in total. The summed E-state index contributed by atoms with van der Waals surface area (Å²) in [6, 6.07) is 0.465. The Morgan fingerprint density at radius 3 is 2.80 bits per heavy atom. The molecule has 0 aromatic carbocycles. The molecule has 0 radical (unpaired) electrons. The van der Waals surface area contributed by atoms with E-state index in [1.165, 1.54) is 0 Å². The van der Waals surface area contributed by atoms with Crippen molar-refractivity contribution in [1.82, 2.24) is 14.5 Å². The number of piperidine rings is 1. The van der Waals surface area contributed by atoms with Gasteiger partial charge in [-0.25, -0.2) is 4.98 Å². The van der Waals surface area contributed by atoms with Gasteiger partial charge >= 0.3 is 0 Å². The topological polar surface area (TPSA) is 50.5 Å². The van der Waals surface area contributed by atoms with Crippen molar-refractivity contribution in [2.45, 2.75) is 51.8 Å². The van der Waals surface area contributed by atoms with E-state index in [9.17, 15) is 0 Å². The third-order valence-electron chi connectivity index (χ3n) is 3.86. The molecule has 20 heavy (non-hydrogen) atoms. The van der Waals surface area contributed by atoms with E-state index in [2.05, 4.69) is 34.5 Å². The zero-order valence-corrected chi connectivity index (χ0v) is 12.7. The van der Waals surface area contributed by atoms with Crippen molar-refractivity contribution in [2.75, 3.05) is 26.3 Å². The number of aromatic nitrogens is 2. The Kier molecular flexibility index (Phi) is 6.01. The minimum Gasteiger partial charge on any atom is -0.396 e. The summed E-state index contributed by atoms with van der Waals surface area (Å²) in [6.45, 7) is 8.33. The highest BCUT2D eigenvalue weighted by Crippen LogP contribution is 2.17. The summed E-state index contributed by atoms with van der Waals surface area (Å²) in [5.41, 5.74) is 0. The molecule has 1 aromatic heterocycles. The Bertz CT molecular complexity index is 384. The summed E-state index contributed by atoms with van der Waals surface area (Å²) < 4.78 is 8.00. The number of nitrogens with zero attached hydrogens (tertiary/aromatic N) is 3. The molecule has 1 aliphatic rings. The fourth-order valence-corrected chi connectivity index (χ4v) is 2.69. The minimum atomic E-state index is 0.219. The zero-order valence-electron chi connectivity index (χ0n) is 12.7. The van der Waals surface area contributed by atoms with Crippen molar-refractivity contribution in [3.8, 4) is 0 Å². The number of hydrogen-bond donors (Lipinski definition) is 1. The van der Waals surface area contributed by atoms with Gasteiger partial charge in [-0.2, -0.15) is 0 Å². The van der Waals surface area contributed by atoms with Crippen LogP contribution in [-0.4, -0.2) is 52.0 Å². The SMILES string of the molecule is CC(C)n1ccnc1CN1CCC(OCCCO)CC1. The van der Waals surface area contributed by atoms with Crippen LogP contribution >= 0.6 is 0 Å². The predicted octanol–water partition coefficient (Wildman–Crippen LogP) is 1.83. The van der Waals surface area contributed by atoms with Gasteiger partial charge in [0.1, 0.15) is 5.82 Å². The molecule has 0 aliphatic carbocycles. The Labute approximate surface area is 121 Å². The highest BCUT2D eigenvalue weighted by Gasteiger charge is 2.21. The number of rotatable bonds is 7. The second kappa shape index (κ2) is 7.76. The Morgan fingerprint density at radius 2 is 2.15 bits per heavy atom. The average Bonchev–Trinajstić information content (AvgIpc) is 2.89. The maximum atomic E-state index is 8.75. The largest absolute Gasteiger partial charge is 0.396 e. The van der Waals surface area contributed by atoms with E-state index in [4.69, 9.17) is 9.84 Å². The summed E-state index contributed by atoms with van der Waals surface area (Å²) in [5, 5.41) is 8.75. The van der Waals surface area contributed by atoms with Gasteiger partial charge in [-0.15, -0.1) is 0 Å². The molecule has 0 spiro atoms. The van der Waals surface area contributed by atoms with Gasteiger partial charge in [-0.05, 0) is 33.1 Å². The first kappa shape index (κ1) is 15.5. The van der Waals surface area contributed by atoms with E-state index < -0.39 is 0 Å². The van der Waals surface area contributed by atoms with E-state index in [0.29, 0.717) is 18.8 Å². The summed E-state index contributed by atoms with van der Waals surface area (Å²) in [6.07, 6.45) is 7.21. The van der Waals surface area contributed by atoms with E-state index in [1.807, 2.05) is 6.20 Å². The lowest BCUT2D eigenvalue weighted by molar-refractivity contribution is 0.000133. The first-order valence-electron chi connectivity index (χ1n) is 7.67. The molecule has 1 aliphatic heterocycles.